The third kappa shape index (κ3) is 5.60. The summed E-state index contributed by atoms with van der Waals surface area (Å²) >= 11 is 0. The van der Waals surface area contributed by atoms with E-state index < -0.39 is 17.8 Å². The number of nitrogens with zero attached hydrogens (tertiary/aromatic N) is 1. The molecule has 2 aromatic rings. The predicted octanol–water partition coefficient (Wildman–Crippen LogP) is 4.85. The number of halogens is 3. The summed E-state index contributed by atoms with van der Waals surface area (Å²) in [4.78, 5) is 15.1. The highest BCUT2D eigenvalue weighted by atomic mass is 19.4. The van der Waals surface area contributed by atoms with Gasteiger partial charge in [0.25, 0.3) is 0 Å². The first-order valence-corrected chi connectivity index (χ1v) is 7.56. The van der Waals surface area contributed by atoms with Gasteiger partial charge in [0.2, 0.25) is 0 Å². The summed E-state index contributed by atoms with van der Waals surface area (Å²) in [5.74, 6) is -0.569. The van der Waals surface area contributed by atoms with Gasteiger partial charge >= 0.3 is 12.1 Å². The molecule has 0 aliphatic rings. The molecule has 0 spiro atoms. The topological polar surface area (TPSA) is 39.2 Å². The Labute approximate surface area is 143 Å². The zero-order valence-corrected chi connectivity index (χ0v) is 13.5. The highest BCUT2D eigenvalue weighted by molar-refractivity contribution is 5.88. The molecule has 1 heterocycles. The van der Waals surface area contributed by atoms with Crippen molar-refractivity contribution in [3.05, 3.63) is 71.1 Å². The van der Waals surface area contributed by atoms with E-state index in [2.05, 4.69) is 4.98 Å². The van der Waals surface area contributed by atoms with Crippen LogP contribution in [-0.4, -0.2) is 17.6 Å². The first kappa shape index (κ1) is 18.4. The Bertz CT molecular complexity index is 781. The van der Waals surface area contributed by atoms with Crippen LogP contribution in [0.2, 0.25) is 0 Å². The normalized spacial score (nSPS) is 12.0. The predicted molar refractivity (Wildman–Crippen MR) is 90.3 cm³/mol. The lowest BCUT2D eigenvalue weighted by molar-refractivity contribution is -0.141. The second kappa shape index (κ2) is 8.28. The minimum atomic E-state index is -4.54. The number of pyridine rings is 1. The number of carbonyl (C=O) groups is 1. The maximum absolute atomic E-state index is 12.9. The van der Waals surface area contributed by atoms with Crippen LogP contribution in [0.5, 0.6) is 0 Å². The number of ether oxygens (including phenoxy) is 1. The second-order valence-corrected chi connectivity index (χ2v) is 5.00. The third-order valence-corrected chi connectivity index (χ3v) is 3.17. The van der Waals surface area contributed by atoms with Gasteiger partial charge in [0.05, 0.1) is 12.3 Å². The van der Waals surface area contributed by atoms with E-state index >= 15 is 0 Å². The molecule has 0 saturated heterocycles. The van der Waals surface area contributed by atoms with Crippen LogP contribution in [0, 0.1) is 0 Å². The molecule has 1 aromatic heterocycles. The van der Waals surface area contributed by atoms with E-state index in [1.165, 1.54) is 18.2 Å². The van der Waals surface area contributed by atoms with Gasteiger partial charge < -0.3 is 4.74 Å². The number of carbonyl (C=O) groups excluding carboxylic acids is 1. The fraction of sp³-hybridized carbons (Fsp3) is 0.158. The van der Waals surface area contributed by atoms with Crippen LogP contribution in [-0.2, 0) is 15.7 Å². The van der Waals surface area contributed by atoms with Gasteiger partial charge in [-0.1, -0.05) is 42.5 Å². The van der Waals surface area contributed by atoms with Crippen molar-refractivity contribution >= 4 is 24.2 Å². The van der Waals surface area contributed by atoms with Gasteiger partial charge in [-0.05, 0) is 30.7 Å². The molecule has 130 valence electrons. The number of hydrogen-bond donors (Lipinski definition) is 0. The van der Waals surface area contributed by atoms with Crippen LogP contribution < -0.4 is 0 Å². The minimum Gasteiger partial charge on any atom is -0.463 e. The van der Waals surface area contributed by atoms with Crippen molar-refractivity contribution in [2.45, 2.75) is 13.1 Å². The van der Waals surface area contributed by atoms with Crippen molar-refractivity contribution < 1.29 is 22.7 Å². The number of esters is 1. The molecule has 0 N–H and O–H groups in total. The molecule has 0 unspecified atom stereocenters. The second-order valence-electron chi connectivity index (χ2n) is 5.00. The lowest BCUT2D eigenvalue weighted by Gasteiger charge is -2.08. The summed E-state index contributed by atoms with van der Waals surface area (Å²) in [5.41, 5.74) is 0.322. The number of rotatable bonds is 5. The summed E-state index contributed by atoms with van der Waals surface area (Å²) in [6.07, 6.45) is 1.14. The first-order valence-electron chi connectivity index (χ1n) is 7.56. The molecule has 25 heavy (non-hydrogen) atoms. The van der Waals surface area contributed by atoms with Crippen molar-refractivity contribution in [1.82, 2.24) is 4.98 Å². The minimum absolute atomic E-state index is 0.110. The maximum Gasteiger partial charge on any atom is 0.433 e. The van der Waals surface area contributed by atoms with E-state index in [0.717, 1.165) is 17.7 Å². The first-order chi connectivity index (χ1) is 11.9. The molecule has 3 nitrogen and oxygen atoms in total. The number of benzene rings is 1. The molecule has 0 amide bonds. The van der Waals surface area contributed by atoms with Crippen LogP contribution in [0.1, 0.15) is 29.4 Å². The molecule has 0 saturated carbocycles. The Morgan fingerprint density at radius 1 is 1.08 bits per heavy atom. The van der Waals surface area contributed by atoms with Crippen LogP contribution >= 0.6 is 0 Å². The van der Waals surface area contributed by atoms with E-state index in [1.54, 1.807) is 13.0 Å². The van der Waals surface area contributed by atoms with Gasteiger partial charge in [-0.3, -0.25) is 0 Å². The van der Waals surface area contributed by atoms with Crippen molar-refractivity contribution in [3.63, 3.8) is 0 Å². The van der Waals surface area contributed by atoms with E-state index in [0.29, 0.717) is 5.56 Å². The average Bonchev–Trinajstić information content (AvgIpc) is 2.59. The monoisotopic (exact) mass is 347 g/mol. The molecule has 0 radical (unpaired) electrons. The molecule has 0 atom stereocenters. The zero-order chi connectivity index (χ0) is 18.3. The van der Waals surface area contributed by atoms with Crippen molar-refractivity contribution in [2.24, 2.45) is 0 Å². The third-order valence-electron chi connectivity index (χ3n) is 3.17. The smallest absolute Gasteiger partial charge is 0.433 e. The molecule has 2 rings (SSSR count). The van der Waals surface area contributed by atoms with E-state index in [9.17, 15) is 18.0 Å². The maximum atomic E-state index is 12.9. The molecule has 6 heteroatoms. The largest absolute Gasteiger partial charge is 0.463 e. The highest BCUT2D eigenvalue weighted by Gasteiger charge is 2.32. The van der Waals surface area contributed by atoms with Gasteiger partial charge in [-0.2, -0.15) is 13.2 Å². The van der Waals surface area contributed by atoms with E-state index in [4.69, 9.17) is 4.74 Å². The van der Waals surface area contributed by atoms with Crippen molar-refractivity contribution in [2.75, 3.05) is 6.61 Å². The summed E-state index contributed by atoms with van der Waals surface area (Å²) in [5, 5.41) is 0. The van der Waals surface area contributed by atoms with E-state index in [-0.39, 0.29) is 12.3 Å². The van der Waals surface area contributed by atoms with Gasteiger partial charge in [-0.25, -0.2) is 9.78 Å². The van der Waals surface area contributed by atoms with Crippen molar-refractivity contribution in [3.8, 4) is 0 Å². The number of aromatic nitrogens is 1. The van der Waals surface area contributed by atoms with Gasteiger partial charge in [0.1, 0.15) is 5.69 Å². The fourth-order valence-corrected chi connectivity index (χ4v) is 2.01. The van der Waals surface area contributed by atoms with Crippen molar-refractivity contribution in [1.29, 1.82) is 0 Å². The summed E-state index contributed by atoms with van der Waals surface area (Å²) in [6.45, 7) is 1.88. The average molecular weight is 347 g/mol. The highest BCUT2D eigenvalue weighted by Crippen LogP contribution is 2.29. The van der Waals surface area contributed by atoms with Crippen LogP contribution in [0.3, 0.4) is 0 Å². The molecular weight excluding hydrogens is 331 g/mol. The summed E-state index contributed by atoms with van der Waals surface area (Å²) < 4.78 is 43.5. The van der Waals surface area contributed by atoms with Gasteiger partial charge in [-0.15, -0.1) is 0 Å². The Balaban J connectivity index is 2.38. The Morgan fingerprint density at radius 3 is 2.44 bits per heavy atom. The Morgan fingerprint density at radius 2 is 1.80 bits per heavy atom. The van der Waals surface area contributed by atoms with Crippen LogP contribution in [0.25, 0.3) is 18.2 Å². The molecule has 0 aliphatic carbocycles. The number of alkyl halides is 3. The lowest BCUT2D eigenvalue weighted by atomic mass is 10.1. The molecule has 1 aromatic carbocycles. The van der Waals surface area contributed by atoms with E-state index in [1.807, 2.05) is 30.3 Å². The lowest BCUT2D eigenvalue weighted by Crippen LogP contribution is -2.09. The van der Waals surface area contributed by atoms with Gasteiger partial charge in [0, 0.05) is 11.6 Å². The Kier molecular flexibility index (Phi) is 6.11. The summed E-state index contributed by atoms with van der Waals surface area (Å²) in [6, 6.07) is 11.3. The molecule has 0 aliphatic heterocycles. The Hall–Kier alpha value is -2.89. The van der Waals surface area contributed by atoms with Crippen LogP contribution in [0.4, 0.5) is 13.2 Å². The molecular formula is C19H16F3NO2. The molecule has 0 bridgehead atoms. The van der Waals surface area contributed by atoms with Gasteiger partial charge in [0.15, 0.2) is 0 Å². The SMILES string of the molecule is CCOC(=O)C=Cc1ccc(C(F)(F)F)nc1C=Cc1ccccc1. The zero-order valence-electron chi connectivity index (χ0n) is 13.5. The fourth-order valence-electron chi connectivity index (χ4n) is 2.01. The standard InChI is InChI=1S/C19H16F3NO2/c1-2-25-18(24)13-10-15-9-12-17(19(20,21)22)23-16(15)11-8-14-6-4-3-5-7-14/h3-13H,2H2,1H3. The quantitative estimate of drug-likeness (QED) is 0.573. The molecule has 0 fully saturated rings. The number of hydrogen-bond acceptors (Lipinski definition) is 3. The van der Waals surface area contributed by atoms with Crippen LogP contribution in [0.15, 0.2) is 48.5 Å². The summed E-state index contributed by atoms with van der Waals surface area (Å²) in [7, 11) is 0.